The van der Waals surface area contributed by atoms with Crippen LogP contribution in [0.1, 0.15) is 129 Å². The lowest BCUT2D eigenvalue weighted by atomic mass is 9.44. The Morgan fingerprint density at radius 1 is 0.811 bits per heavy atom. The highest BCUT2D eigenvalue weighted by molar-refractivity contribution is 5.96. The molecule has 402 valence electrons. The van der Waals surface area contributed by atoms with E-state index in [1.54, 1.807) is 57.2 Å². The van der Waals surface area contributed by atoms with Gasteiger partial charge >= 0.3 is 47.9 Å². The molecule has 3 fully saturated rings. The Morgan fingerprint density at radius 2 is 1.38 bits per heavy atom. The number of hydrogen-bond donors (Lipinski definition) is 5. The van der Waals surface area contributed by atoms with Gasteiger partial charge in [-0.15, -0.1) is 0 Å². The molecule has 1 amide bonds. The number of amides is 1. The standard InChI is InChI=1S/C53H65NO20/c1-28-32(69-47(65)41(62)40(30-17-11-9-12-18-30)54-48(66)74-49(3,4)5)26-53(67)45(72-46(64)31-19-13-10-14-20-31)43-51(8,44(63)42(39(28)50(53,6)7)71-38(61)24-16-22-36(58)59)33(70-37(60)23-15-21-35(56)57)25-34-52(43,27-68-34)73-29(2)55/h9-14,17-20,32-34,40-43,45,62,67H,15-16,21-27H2,1-8H3,(H,54,66)(H,56,57)(H,58,59)/t32-,33-,34+,40-,41+,42+,43-,45-,51+,52-,53+/m0/s1. The maximum atomic E-state index is 16.3. The molecule has 1 heterocycles. The van der Waals surface area contributed by atoms with E-state index in [0.29, 0.717) is 0 Å². The highest BCUT2D eigenvalue weighted by atomic mass is 16.6. The number of carboxylic acids is 2. The minimum absolute atomic E-state index is 0.0148. The number of ketones is 1. The number of hydrogen-bond acceptors (Lipinski definition) is 18. The average Bonchev–Trinajstić information content (AvgIpc) is 3.30. The molecule has 21 heteroatoms. The number of nitrogens with one attached hydrogen (secondary N) is 1. The number of aliphatic hydroxyl groups excluding tert-OH is 1. The molecule has 2 aromatic rings. The van der Waals surface area contributed by atoms with Crippen molar-refractivity contribution in [1.82, 2.24) is 5.32 Å². The summed E-state index contributed by atoms with van der Waals surface area (Å²) in [5, 5.41) is 47.1. The molecular formula is C53H65NO20. The summed E-state index contributed by atoms with van der Waals surface area (Å²) >= 11 is 0. The van der Waals surface area contributed by atoms with Gasteiger partial charge in [0.15, 0.2) is 23.6 Å². The lowest BCUT2D eigenvalue weighted by Gasteiger charge is -2.67. The van der Waals surface area contributed by atoms with Crippen LogP contribution in [0.2, 0.25) is 0 Å². The summed E-state index contributed by atoms with van der Waals surface area (Å²) in [6.07, 6.45) is -15.1. The van der Waals surface area contributed by atoms with E-state index in [4.69, 9.17) is 33.2 Å². The van der Waals surface area contributed by atoms with Crippen LogP contribution < -0.4 is 5.32 Å². The van der Waals surface area contributed by atoms with Gasteiger partial charge in [-0.1, -0.05) is 62.4 Å². The number of ether oxygens (including phenoxy) is 7. The van der Waals surface area contributed by atoms with Crippen molar-refractivity contribution >= 4 is 53.7 Å². The van der Waals surface area contributed by atoms with Gasteiger partial charge in [0.1, 0.15) is 35.6 Å². The third kappa shape index (κ3) is 11.5. The van der Waals surface area contributed by atoms with Crippen LogP contribution in [0.15, 0.2) is 71.8 Å². The number of Topliss-reactive ketones (excluding diaryl/α,β-unsaturated/α-hetero) is 1. The zero-order valence-corrected chi connectivity index (χ0v) is 42.6. The van der Waals surface area contributed by atoms with Crippen molar-refractivity contribution < 1.29 is 96.7 Å². The van der Waals surface area contributed by atoms with Gasteiger partial charge in [-0.05, 0) is 76.3 Å². The minimum atomic E-state index is -2.60. The molecule has 21 nitrogen and oxygen atoms in total. The first kappa shape index (κ1) is 56.6. The number of carbonyl (C=O) groups excluding carboxylic acids is 7. The van der Waals surface area contributed by atoms with Crippen LogP contribution in [-0.2, 0) is 66.7 Å². The number of benzene rings is 2. The lowest BCUT2D eigenvalue weighted by molar-refractivity contribution is -0.346. The average molecular weight is 1040 g/mol. The molecule has 2 aromatic carbocycles. The number of carbonyl (C=O) groups is 9. The third-order valence-corrected chi connectivity index (χ3v) is 14.6. The molecule has 4 aliphatic rings. The van der Waals surface area contributed by atoms with E-state index < -0.39 is 169 Å². The number of fused-ring (bicyclic) bond motifs is 5. The minimum Gasteiger partial charge on any atom is -0.481 e. The number of carboxylic acid groups (broad SMARTS) is 2. The molecule has 1 aliphatic heterocycles. The Kier molecular flexibility index (Phi) is 16.8. The Labute approximate surface area is 427 Å². The number of esters is 5. The second-order valence-corrected chi connectivity index (χ2v) is 21.0. The summed E-state index contributed by atoms with van der Waals surface area (Å²) in [5.74, 6) is -10.6. The molecule has 11 atom stereocenters. The van der Waals surface area contributed by atoms with Gasteiger partial charge < -0.3 is 58.9 Å². The summed E-state index contributed by atoms with van der Waals surface area (Å²) in [4.78, 5) is 123. The second kappa shape index (κ2) is 22.0. The molecule has 2 bridgehead atoms. The van der Waals surface area contributed by atoms with Gasteiger partial charge in [-0.2, -0.15) is 0 Å². The number of aliphatic carboxylic acids is 2. The predicted octanol–water partition coefficient (Wildman–Crippen LogP) is 4.87. The number of aliphatic hydroxyl groups is 2. The Balaban J connectivity index is 1.59. The van der Waals surface area contributed by atoms with E-state index in [1.165, 1.54) is 52.0 Å². The van der Waals surface area contributed by atoms with Gasteiger partial charge in [0.25, 0.3) is 0 Å². The third-order valence-electron chi connectivity index (χ3n) is 14.6. The molecule has 74 heavy (non-hydrogen) atoms. The number of rotatable bonds is 18. The normalized spacial score (nSPS) is 28.6. The van der Waals surface area contributed by atoms with Crippen LogP contribution in [0.5, 0.6) is 0 Å². The van der Waals surface area contributed by atoms with Crippen LogP contribution in [0.3, 0.4) is 0 Å². The molecule has 0 unspecified atom stereocenters. The molecule has 1 saturated heterocycles. The summed E-state index contributed by atoms with van der Waals surface area (Å²) in [7, 11) is 0. The molecule has 0 radical (unpaired) electrons. The SMILES string of the molecule is CC(=O)O[C@@]12CO[C@@H]1C[C@H](OC(=O)CCCC(=O)O)[C@@]1(C)C(=O)[C@H](OC(=O)CCCC(=O)O)C3=C(C)[C@@H](OC(=O)[C@H](O)[C@@H](NC(=O)OC(C)(C)C)c4ccccc4)C[C@@](O)([C@@H](OC(=O)c4ccccc4)[C@H]21)C3(C)C. The highest BCUT2D eigenvalue weighted by Crippen LogP contribution is 2.65. The molecular weight excluding hydrogens is 971 g/mol. The van der Waals surface area contributed by atoms with Crippen molar-refractivity contribution in [2.24, 2.45) is 16.7 Å². The van der Waals surface area contributed by atoms with Crippen LogP contribution in [0, 0.1) is 16.7 Å². The maximum Gasteiger partial charge on any atom is 0.408 e. The highest BCUT2D eigenvalue weighted by Gasteiger charge is 2.79. The first-order valence-electron chi connectivity index (χ1n) is 24.4. The largest absolute Gasteiger partial charge is 0.481 e. The summed E-state index contributed by atoms with van der Waals surface area (Å²) in [6, 6.07) is 14.0. The van der Waals surface area contributed by atoms with Crippen molar-refractivity contribution in [2.75, 3.05) is 6.61 Å². The van der Waals surface area contributed by atoms with E-state index in [1.807, 2.05) is 0 Å². The van der Waals surface area contributed by atoms with Crippen molar-refractivity contribution in [1.29, 1.82) is 0 Å². The fraction of sp³-hybridized carbons (Fsp3) is 0.566. The van der Waals surface area contributed by atoms with Gasteiger partial charge in [0.05, 0.1) is 29.5 Å². The smallest absolute Gasteiger partial charge is 0.408 e. The van der Waals surface area contributed by atoms with Gasteiger partial charge in [0.2, 0.25) is 0 Å². The number of alkyl carbamates (subject to hydrolysis) is 1. The molecule has 5 N–H and O–H groups in total. The van der Waals surface area contributed by atoms with Crippen molar-refractivity contribution in [3.05, 3.63) is 82.9 Å². The first-order chi connectivity index (χ1) is 34.6. The fourth-order valence-corrected chi connectivity index (χ4v) is 11.0. The van der Waals surface area contributed by atoms with Crippen molar-refractivity contribution in [3.63, 3.8) is 0 Å². The van der Waals surface area contributed by atoms with Crippen molar-refractivity contribution in [3.8, 4) is 0 Å². The second-order valence-electron chi connectivity index (χ2n) is 21.0. The summed E-state index contributed by atoms with van der Waals surface area (Å²) in [6.45, 7) is 11.1. The zero-order chi connectivity index (χ0) is 54.7. The summed E-state index contributed by atoms with van der Waals surface area (Å²) in [5.41, 5.74) is -9.69. The van der Waals surface area contributed by atoms with E-state index in [2.05, 4.69) is 5.32 Å². The predicted molar refractivity (Wildman–Crippen MR) is 254 cm³/mol. The van der Waals surface area contributed by atoms with E-state index >= 15 is 4.79 Å². The molecule has 6 rings (SSSR count). The zero-order valence-electron chi connectivity index (χ0n) is 42.6. The van der Waals surface area contributed by atoms with E-state index in [-0.39, 0.29) is 41.5 Å². The van der Waals surface area contributed by atoms with Crippen molar-refractivity contribution in [2.45, 2.75) is 166 Å². The first-order valence-corrected chi connectivity index (χ1v) is 24.4. The Bertz CT molecular complexity index is 2540. The molecule has 0 spiro atoms. The fourth-order valence-electron chi connectivity index (χ4n) is 11.0. The topological polar surface area (TPSA) is 311 Å². The van der Waals surface area contributed by atoms with E-state index in [9.17, 15) is 58.8 Å². The molecule has 3 aliphatic carbocycles. The van der Waals surface area contributed by atoms with Gasteiger partial charge in [0, 0.05) is 50.9 Å². The van der Waals surface area contributed by atoms with E-state index in [0.717, 1.165) is 6.92 Å². The summed E-state index contributed by atoms with van der Waals surface area (Å²) < 4.78 is 42.5. The molecule has 0 aromatic heterocycles. The quantitative estimate of drug-likeness (QED) is 0.0755. The lowest BCUT2D eigenvalue weighted by Crippen LogP contribution is -2.82. The van der Waals surface area contributed by atoms with Crippen LogP contribution >= 0.6 is 0 Å². The Morgan fingerprint density at radius 3 is 1.91 bits per heavy atom. The monoisotopic (exact) mass is 1040 g/mol. The molecule has 2 saturated carbocycles. The Hall–Kier alpha value is -6.71. The van der Waals surface area contributed by atoms with Crippen LogP contribution in [0.25, 0.3) is 0 Å². The maximum absolute atomic E-state index is 16.3. The van der Waals surface area contributed by atoms with Gasteiger partial charge in [-0.3, -0.25) is 28.8 Å². The van der Waals surface area contributed by atoms with Crippen LogP contribution in [-0.4, -0.2) is 134 Å². The van der Waals surface area contributed by atoms with Gasteiger partial charge in [-0.25, -0.2) is 14.4 Å². The van der Waals surface area contributed by atoms with Crippen LogP contribution in [0.4, 0.5) is 4.79 Å².